The van der Waals surface area contributed by atoms with Crippen LogP contribution in [-0.4, -0.2) is 15.2 Å². The average Bonchev–Trinajstić information content (AvgIpc) is 2.47. The van der Waals surface area contributed by atoms with Gasteiger partial charge >= 0.3 is 0 Å². The summed E-state index contributed by atoms with van der Waals surface area (Å²) in [6, 6.07) is 13.5. The van der Waals surface area contributed by atoms with Crippen molar-refractivity contribution < 1.29 is 5.11 Å². The van der Waals surface area contributed by atoms with E-state index in [9.17, 15) is 5.11 Å². The van der Waals surface area contributed by atoms with E-state index < -0.39 is 0 Å². The first kappa shape index (κ1) is 14.9. The molecule has 0 atom stereocenters. The predicted octanol–water partition coefficient (Wildman–Crippen LogP) is 3.41. The summed E-state index contributed by atoms with van der Waals surface area (Å²) < 4.78 is 0. The molecular weight excluding hydrogens is 282 g/mol. The topological polar surface area (TPSA) is 94.0 Å². The molecule has 0 saturated carbocycles. The zero-order chi connectivity index (χ0) is 15.4. The Kier molecular flexibility index (Phi) is 4.45. The van der Waals surface area contributed by atoms with E-state index in [1.165, 1.54) is 12.1 Å². The maximum atomic E-state index is 9.23. The highest BCUT2D eigenvalue weighted by molar-refractivity contribution is 8.27. The molecule has 5 heteroatoms. The van der Waals surface area contributed by atoms with Crippen LogP contribution in [0.2, 0.25) is 0 Å². The molecule has 0 unspecified atom stereocenters. The molecule has 0 bridgehead atoms. The number of benzene rings is 2. The molecule has 0 aromatic heterocycles. The van der Waals surface area contributed by atoms with Gasteiger partial charge in [0, 0.05) is 16.8 Å². The summed E-state index contributed by atoms with van der Waals surface area (Å²) >= 11 is 1.06. The molecule has 106 valence electrons. The van der Waals surface area contributed by atoms with Gasteiger partial charge in [-0.05, 0) is 29.8 Å². The number of nitrogens with one attached hydrogen (secondary N) is 2. The molecule has 0 aliphatic carbocycles. The van der Waals surface area contributed by atoms with Gasteiger partial charge in [-0.15, -0.1) is 0 Å². The summed E-state index contributed by atoms with van der Waals surface area (Å²) in [5, 5.41) is 25.8. The predicted molar refractivity (Wildman–Crippen MR) is 89.0 cm³/mol. The number of hydrogen-bond acceptors (Lipinski definition) is 5. The molecule has 21 heavy (non-hydrogen) atoms. The third-order valence-electron chi connectivity index (χ3n) is 2.85. The lowest BCUT2D eigenvalue weighted by Gasteiger charge is -2.07. The van der Waals surface area contributed by atoms with E-state index >= 15 is 0 Å². The summed E-state index contributed by atoms with van der Waals surface area (Å²) in [5.41, 5.74) is 8.29. The van der Waals surface area contributed by atoms with Gasteiger partial charge < -0.3 is 10.8 Å². The highest BCUT2D eigenvalue weighted by atomic mass is 32.2. The van der Waals surface area contributed by atoms with Crippen LogP contribution in [-0.2, 0) is 0 Å². The number of phenols is 1. The van der Waals surface area contributed by atoms with Gasteiger partial charge in [0.05, 0.1) is 0 Å². The molecule has 0 spiro atoms. The third kappa shape index (κ3) is 3.73. The first-order valence-corrected chi connectivity index (χ1v) is 6.98. The maximum absolute atomic E-state index is 9.23. The van der Waals surface area contributed by atoms with Crippen molar-refractivity contribution in [3.8, 4) is 5.75 Å². The number of aromatic hydroxyl groups is 1. The van der Waals surface area contributed by atoms with Gasteiger partial charge in [0.25, 0.3) is 0 Å². The molecule has 0 fully saturated rings. The Morgan fingerprint density at radius 2 is 1.24 bits per heavy atom. The van der Waals surface area contributed by atoms with E-state index in [0.29, 0.717) is 16.8 Å². The lowest BCUT2D eigenvalue weighted by Crippen LogP contribution is -2.02. The van der Waals surface area contributed by atoms with Crippen molar-refractivity contribution in [2.45, 2.75) is 0 Å². The van der Waals surface area contributed by atoms with Gasteiger partial charge in [0.1, 0.15) is 15.8 Å². The molecule has 4 nitrogen and oxygen atoms in total. The normalized spacial score (nSPS) is 10.1. The Hall–Kier alpha value is -2.53. The van der Waals surface area contributed by atoms with E-state index in [0.717, 1.165) is 17.3 Å². The van der Waals surface area contributed by atoms with Crippen molar-refractivity contribution in [2.75, 3.05) is 0 Å². The first-order valence-electron chi connectivity index (χ1n) is 6.17. The van der Waals surface area contributed by atoms with Crippen molar-refractivity contribution in [2.24, 2.45) is 5.73 Å². The molecule has 0 radical (unpaired) electrons. The number of phenolic OH excluding ortho intramolecular Hbond substituents is 1. The van der Waals surface area contributed by atoms with E-state index in [-0.39, 0.29) is 15.8 Å². The zero-order valence-corrected chi connectivity index (χ0v) is 12.1. The molecule has 0 amide bonds. The molecule has 0 aliphatic rings. The summed E-state index contributed by atoms with van der Waals surface area (Å²) in [6.45, 7) is 3.66. The van der Waals surface area contributed by atoms with Gasteiger partial charge in [-0.2, -0.15) is 0 Å². The Morgan fingerprint density at radius 3 is 1.67 bits per heavy atom. The van der Waals surface area contributed by atoms with Crippen LogP contribution in [0.5, 0.6) is 5.75 Å². The molecule has 5 N–H and O–H groups in total. The zero-order valence-electron chi connectivity index (χ0n) is 11.3. The molecule has 0 heterocycles. The SMILES string of the molecule is C=C(N)c1ccc(C(=N)SC(=N)c2ccc(O)cc2)cc1. The van der Waals surface area contributed by atoms with E-state index in [4.69, 9.17) is 16.6 Å². The number of hydrogen-bond donors (Lipinski definition) is 4. The second-order valence-electron chi connectivity index (χ2n) is 4.41. The number of rotatable bonds is 3. The average molecular weight is 297 g/mol. The Labute approximate surface area is 127 Å². The van der Waals surface area contributed by atoms with Crippen LogP contribution in [0, 0.1) is 10.8 Å². The number of thioether (sulfide) groups is 1. The lowest BCUT2D eigenvalue weighted by atomic mass is 10.1. The van der Waals surface area contributed by atoms with Gasteiger partial charge in [-0.1, -0.05) is 42.6 Å². The van der Waals surface area contributed by atoms with Crippen LogP contribution in [0.15, 0.2) is 55.1 Å². The first-order chi connectivity index (χ1) is 9.97. The van der Waals surface area contributed by atoms with E-state index in [1.54, 1.807) is 36.4 Å². The van der Waals surface area contributed by atoms with Crippen molar-refractivity contribution in [1.82, 2.24) is 0 Å². The van der Waals surface area contributed by atoms with Gasteiger partial charge in [0.15, 0.2) is 0 Å². The Bertz CT molecular complexity index is 690. The largest absolute Gasteiger partial charge is 0.508 e. The summed E-state index contributed by atoms with van der Waals surface area (Å²) in [5.74, 6) is 0.157. The quantitative estimate of drug-likeness (QED) is 0.516. The summed E-state index contributed by atoms with van der Waals surface area (Å²) in [6.07, 6.45) is 0. The van der Waals surface area contributed by atoms with Crippen LogP contribution >= 0.6 is 11.8 Å². The van der Waals surface area contributed by atoms with Crippen LogP contribution in [0.3, 0.4) is 0 Å². The fraction of sp³-hybridized carbons (Fsp3) is 0. The minimum atomic E-state index is 0.157. The molecule has 0 saturated heterocycles. The summed E-state index contributed by atoms with van der Waals surface area (Å²) in [4.78, 5) is 0. The van der Waals surface area contributed by atoms with Gasteiger partial charge in [0.2, 0.25) is 0 Å². The molecule has 2 rings (SSSR count). The molecule has 2 aromatic rings. The molecular formula is C16H15N3OS. The fourth-order valence-corrected chi connectivity index (χ4v) is 2.38. The third-order valence-corrected chi connectivity index (χ3v) is 3.73. The minimum absolute atomic E-state index is 0.157. The highest BCUT2D eigenvalue weighted by Crippen LogP contribution is 2.20. The second-order valence-corrected chi connectivity index (χ2v) is 5.43. The maximum Gasteiger partial charge on any atom is 0.115 e. The van der Waals surface area contributed by atoms with Gasteiger partial charge in [-0.3, -0.25) is 10.8 Å². The van der Waals surface area contributed by atoms with Crippen molar-refractivity contribution in [3.05, 3.63) is 71.8 Å². The highest BCUT2D eigenvalue weighted by Gasteiger charge is 2.09. The van der Waals surface area contributed by atoms with Crippen molar-refractivity contribution >= 4 is 27.5 Å². The Balaban J connectivity index is 2.08. The minimum Gasteiger partial charge on any atom is -0.508 e. The number of nitrogens with two attached hydrogens (primary N) is 1. The van der Waals surface area contributed by atoms with Crippen LogP contribution in [0.4, 0.5) is 0 Å². The van der Waals surface area contributed by atoms with E-state index in [2.05, 4.69) is 6.58 Å². The molecule has 2 aromatic carbocycles. The lowest BCUT2D eigenvalue weighted by molar-refractivity contribution is 0.475. The molecule has 0 aliphatic heterocycles. The van der Waals surface area contributed by atoms with Crippen LogP contribution < -0.4 is 5.73 Å². The standard InChI is InChI=1S/C16H15N3OS/c1-10(17)11-2-4-12(5-3-11)15(18)21-16(19)13-6-8-14(20)9-7-13/h2-9,18-20H,1,17H2. The fourth-order valence-electron chi connectivity index (χ4n) is 1.67. The van der Waals surface area contributed by atoms with Gasteiger partial charge in [-0.25, -0.2) is 0 Å². The Morgan fingerprint density at radius 1 is 0.857 bits per heavy atom. The van der Waals surface area contributed by atoms with E-state index in [1.807, 2.05) is 0 Å². The smallest absolute Gasteiger partial charge is 0.115 e. The second kappa shape index (κ2) is 6.28. The van der Waals surface area contributed by atoms with Crippen LogP contribution in [0.25, 0.3) is 5.70 Å². The summed E-state index contributed by atoms with van der Waals surface area (Å²) in [7, 11) is 0. The monoisotopic (exact) mass is 297 g/mol. The van der Waals surface area contributed by atoms with Crippen molar-refractivity contribution in [3.63, 3.8) is 0 Å². The van der Waals surface area contributed by atoms with Crippen molar-refractivity contribution in [1.29, 1.82) is 10.8 Å². The van der Waals surface area contributed by atoms with Crippen LogP contribution in [0.1, 0.15) is 16.7 Å².